The Balaban J connectivity index is 1.92. The van der Waals surface area contributed by atoms with E-state index < -0.39 is 5.97 Å². The number of hydrogen-bond acceptors (Lipinski definition) is 2. The summed E-state index contributed by atoms with van der Waals surface area (Å²) in [6, 6.07) is 1.54. The normalized spacial score (nSPS) is 16.0. The lowest BCUT2D eigenvalue weighted by Crippen LogP contribution is -2.03. The molecule has 0 saturated heterocycles. The fraction of sp³-hybridized carbons (Fsp3) is 0.556. The molecule has 4 nitrogen and oxygen atoms in total. The van der Waals surface area contributed by atoms with Crippen LogP contribution in [0.4, 0.5) is 0 Å². The largest absolute Gasteiger partial charge is 0.476 e. The number of rotatable bonds is 4. The number of aromatic carboxylic acids is 1. The van der Waals surface area contributed by atoms with Gasteiger partial charge in [-0.3, -0.25) is 4.68 Å². The maximum absolute atomic E-state index is 10.5. The van der Waals surface area contributed by atoms with Crippen molar-refractivity contribution in [2.75, 3.05) is 0 Å². The van der Waals surface area contributed by atoms with E-state index in [2.05, 4.69) is 5.10 Å². The zero-order valence-electron chi connectivity index (χ0n) is 7.31. The molecular formula is C9H12N2O2. The highest BCUT2D eigenvalue weighted by Gasteiger charge is 2.20. The van der Waals surface area contributed by atoms with Gasteiger partial charge in [-0.1, -0.05) is 12.8 Å². The van der Waals surface area contributed by atoms with Gasteiger partial charge >= 0.3 is 5.97 Å². The third-order valence-corrected chi connectivity index (χ3v) is 2.32. The first kappa shape index (κ1) is 8.29. The summed E-state index contributed by atoms with van der Waals surface area (Å²) in [4.78, 5) is 10.5. The maximum Gasteiger partial charge on any atom is 0.356 e. The smallest absolute Gasteiger partial charge is 0.356 e. The maximum atomic E-state index is 10.5. The van der Waals surface area contributed by atoms with Gasteiger partial charge in [-0.2, -0.15) is 5.10 Å². The summed E-state index contributed by atoms with van der Waals surface area (Å²) in [5, 5.41) is 12.5. The zero-order chi connectivity index (χ0) is 9.26. The van der Waals surface area contributed by atoms with Crippen molar-refractivity contribution in [1.82, 2.24) is 9.78 Å². The monoisotopic (exact) mass is 180 g/mol. The van der Waals surface area contributed by atoms with Crippen LogP contribution in [0.25, 0.3) is 0 Å². The van der Waals surface area contributed by atoms with E-state index in [1.165, 1.54) is 18.9 Å². The Morgan fingerprint density at radius 2 is 2.46 bits per heavy atom. The first-order valence-corrected chi connectivity index (χ1v) is 4.52. The molecule has 1 heterocycles. The highest BCUT2D eigenvalue weighted by molar-refractivity contribution is 5.84. The standard InChI is InChI=1S/C9H12N2O2/c12-9(13)8-4-6-11(10-8)5-3-7-1-2-7/h4,6-7H,1-3,5H2,(H,12,13). The van der Waals surface area contributed by atoms with Gasteiger partial charge in [0, 0.05) is 12.7 Å². The van der Waals surface area contributed by atoms with E-state index in [9.17, 15) is 4.79 Å². The quantitative estimate of drug-likeness (QED) is 0.761. The molecule has 1 aliphatic rings. The molecule has 70 valence electrons. The molecule has 1 saturated carbocycles. The van der Waals surface area contributed by atoms with Crippen molar-refractivity contribution in [3.63, 3.8) is 0 Å². The average Bonchev–Trinajstić information content (AvgIpc) is 2.79. The van der Waals surface area contributed by atoms with Crippen LogP contribution in [-0.4, -0.2) is 20.9 Å². The molecule has 0 spiro atoms. The Labute approximate surface area is 76.2 Å². The highest BCUT2D eigenvalue weighted by Crippen LogP contribution is 2.32. The van der Waals surface area contributed by atoms with Gasteiger partial charge in [0.25, 0.3) is 0 Å². The molecule has 1 aromatic rings. The van der Waals surface area contributed by atoms with Gasteiger partial charge in [-0.15, -0.1) is 0 Å². The Morgan fingerprint density at radius 3 is 3.00 bits per heavy atom. The number of carbonyl (C=O) groups is 1. The fourth-order valence-corrected chi connectivity index (χ4v) is 1.32. The number of carboxylic acid groups (broad SMARTS) is 1. The molecule has 1 fully saturated rings. The van der Waals surface area contributed by atoms with E-state index in [1.54, 1.807) is 10.9 Å². The molecule has 0 unspecified atom stereocenters. The molecule has 1 aromatic heterocycles. The van der Waals surface area contributed by atoms with Crippen LogP contribution >= 0.6 is 0 Å². The Hall–Kier alpha value is -1.32. The Morgan fingerprint density at radius 1 is 1.69 bits per heavy atom. The predicted octanol–water partition coefficient (Wildman–Crippen LogP) is 1.38. The molecule has 0 amide bonds. The summed E-state index contributed by atoms with van der Waals surface area (Å²) >= 11 is 0. The Kier molecular flexibility index (Phi) is 2.04. The van der Waals surface area contributed by atoms with Crippen LogP contribution in [0.1, 0.15) is 29.8 Å². The van der Waals surface area contributed by atoms with Crippen LogP contribution in [0.5, 0.6) is 0 Å². The molecule has 2 rings (SSSR count). The van der Waals surface area contributed by atoms with E-state index >= 15 is 0 Å². The van der Waals surface area contributed by atoms with Crippen molar-refractivity contribution in [2.24, 2.45) is 5.92 Å². The van der Waals surface area contributed by atoms with Crippen molar-refractivity contribution in [3.8, 4) is 0 Å². The van der Waals surface area contributed by atoms with E-state index in [-0.39, 0.29) is 5.69 Å². The zero-order valence-corrected chi connectivity index (χ0v) is 7.31. The molecule has 1 aliphatic carbocycles. The van der Waals surface area contributed by atoms with Crippen LogP contribution in [0.2, 0.25) is 0 Å². The van der Waals surface area contributed by atoms with Crippen LogP contribution in [0.15, 0.2) is 12.3 Å². The highest BCUT2D eigenvalue weighted by atomic mass is 16.4. The van der Waals surface area contributed by atoms with Crippen LogP contribution in [-0.2, 0) is 6.54 Å². The van der Waals surface area contributed by atoms with E-state index in [1.807, 2.05) is 0 Å². The lowest BCUT2D eigenvalue weighted by Gasteiger charge is -1.98. The topological polar surface area (TPSA) is 55.1 Å². The molecule has 0 bridgehead atoms. The van der Waals surface area contributed by atoms with Crippen LogP contribution in [0.3, 0.4) is 0 Å². The first-order valence-electron chi connectivity index (χ1n) is 4.52. The molecule has 1 N–H and O–H groups in total. The fourth-order valence-electron chi connectivity index (χ4n) is 1.32. The van der Waals surface area contributed by atoms with Gasteiger partial charge in [-0.25, -0.2) is 4.79 Å². The SMILES string of the molecule is O=C(O)c1ccn(CCC2CC2)n1. The second kappa shape index (κ2) is 3.20. The molecule has 13 heavy (non-hydrogen) atoms. The van der Waals surface area contributed by atoms with Gasteiger partial charge in [0.1, 0.15) is 0 Å². The molecule has 0 atom stereocenters. The molecule has 0 radical (unpaired) electrons. The summed E-state index contributed by atoms with van der Waals surface area (Å²) in [5.74, 6) is -0.0948. The van der Waals surface area contributed by atoms with Crippen molar-refractivity contribution in [1.29, 1.82) is 0 Å². The summed E-state index contributed by atoms with van der Waals surface area (Å²) in [5.41, 5.74) is 0.135. The summed E-state index contributed by atoms with van der Waals surface area (Å²) in [6.45, 7) is 0.845. The average molecular weight is 180 g/mol. The first-order chi connectivity index (χ1) is 6.25. The van der Waals surface area contributed by atoms with Gasteiger partial charge in [-0.05, 0) is 18.4 Å². The minimum absolute atomic E-state index is 0.135. The molecule has 4 heteroatoms. The van der Waals surface area contributed by atoms with Gasteiger partial charge in [0.05, 0.1) is 0 Å². The lowest BCUT2D eigenvalue weighted by molar-refractivity contribution is 0.0689. The predicted molar refractivity (Wildman–Crippen MR) is 46.5 cm³/mol. The van der Waals surface area contributed by atoms with Crippen LogP contribution < -0.4 is 0 Å². The Bertz CT molecular complexity index is 315. The van der Waals surface area contributed by atoms with Crippen molar-refractivity contribution < 1.29 is 9.90 Å². The number of hydrogen-bond donors (Lipinski definition) is 1. The van der Waals surface area contributed by atoms with Crippen molar-refractivity contribution in [2.45, 2.75) is 25.8 Å². The van der Waals surface area contributed by atoms with Crippen LogP contribution in [0, 0.1) is 5.92 Å². The van der Waals surface area contributed by atoms with E-state index in [4.69, 9.17) is 5.11 Å². The number of aryl methyl sites for hydroxylation is 1. The van der Waals surface area contributed by atoms with Gasteiger partial charge in [0.15, 0.2) is 5.69 Å². The second-order valence-electron chi connectivity index (χ2n) is 3.50. The summed E-state index contributed by atoms with van der Waals surface area (Å²) in [7, 11) is 0. The second-order valence-corrected chi connectivity index (χ2v) is 3.50. The minimum atomic E-state index is -0.954. The third kappa shape index (κ3) is 2.08. The number of aromatic nitrogens is 2. The minimum Gasteiger partial charge on any atom is -0.476 e. The molecule has 0 aromatic carbocycles. The van der Waals surface area contributed by atoms with Gasteiger partial charge in [0.2, 0.25) is 0 Å². The number of carboxylic acids is 1. The lowest BCUT2D eigenvalue weighted by atomic mass is 10.3. The number of nitrogens with zero attached hydrogens (tertiary/aromatic N) is 2. The van der Waals surface area contributed by atoms with Crippen molar-refractivity contribution in [3.05, 3.63) is 18.0 Å². The van der Waals surface area contributed by atoms with E-state index in [0.29, 0.717) is 0 Å². The van der Waals surface area contributed by atoms with E-state index in [0.717, 1.165) is 18.9 Å². The summed E-state index contributed by atoms with van der Waals surface area (Å²) < 4.78 is 1.71. The third-order valence-electron chi connectivity index (χ3n) is 2.32. The molecule has 0 aliphatic heterocycles. The van der Waals surface area contributed by atoms with Crippen molar-refractivity contribution >= 4 is 5.97 Å². The summed E-state index contributed by atoms with van der Waals surface area (Å²) in [6.07, 6.45) is 5.51. The van der Waals surface area contributed by atoms with Gasteiger partial charge < -0.3 is 5.11 Å². The molecular weight excluding hydrogens is 168 g/mol.